The van der Waals surface area contributed by atoms with Crippen molar-refractivity contribution in [3.05, 3.63) is 69.2 Å². The van der Waals surface area contributed by atoms with Gasteiger partial charge in [-0.25, -0.2) is 9.78 Å². The summed E-state index contributed by atoms with van der Waals surface area (Å²) in [6.45, 7) is 5.97. The Morgan fingerprint density at radius 2 is 1.91 bits per heavy atom. The van der Waals surface area contributed by atoms with Gasteiger partial charge in [0.1, 0.15) is 10.8 Å². The second-order valence-electron chi connectivity index (χ2n) is 7.28. The molecule has 4 aromatic rings. The van der Waals surface area contributed by atoms with Crippen LogP contribution in [-0.4, -0.2) is 33.4 Å². The summed E-state index contributed by atoms with van der Waals surface area (Å²) in [5, 5.41) is 18.1. The van der Waals surface area contributed by atoms with Crippen LogP contribution in [0.4, 0.5) is 17.2 Å². The molecule has 0 aliphatic heterocycles. The Kier molecular flexibility index (Phi) is 5.90. The minimum atomic E-state index is -1.07. The summed E-state index contributed by atoms with van der Waals surface area (Å²) in [5.41, 5.74) is 4.33. The molecule has 0 radical (unpaired) electrons. The van der Waals surface area contributed by atoms with Crippen molar-refractivity contribution in [2.24, 2.45) is 0 Å². The Hall–Kier alpha value is -3.36. The fourth-order valence-corrected chi connectivity index (χ4v) is 4.73. The lowest BCUT2D eigenvalue weighted by Gasteiger charge is -2.27. The number of aromatic nitrogens is 3. The lowest BCUT2D eigenvalue weighted by Crippen LogP contribution is -2.16. The number of methoxy groups -OCH3 is 1. The van der Waals surface area contributed by atoms with E-state index in [1.54, 1.807) is 42.8 Å². The molecule has 7 nitrogen and oxygen atoms in total. The number of rotatable bonds is 6. The molecule has 0 aliphatic carbocycles. The molecular weight excluding hydrogens is 448 g/mol. The zero-order valence-electron chi connectivity index (χ0n) is 17.9. The van der Waals surface area contributed by atoms with Crippen LogP contribution in [0.2, 0.25) is 5.02 Å². The zero-order chi connectivity index (χ0) is 23.0. The van der Waals surface area contributed by atoms with Crippen LogP contribution in [0, 0.1) is 20.8 Å². The van der Waals surface area contributed by atoms with Crippen LogP contribution in [0.3, 0.4) is 0 Å². The topological polar surface area (TPSA) is 91.3 Å². The van der Waals surface area contributed by atoms with Crippen molar-refractivity contribution in [2.75, 3.05) is 12.0 Å². The molecule has 0 saturated heterocycles. The van der Waals surface area contributed by atoms with Crippen molar-refractivity contribution in [1.29, 1.82) is 0 Å². The maximum atomic E-state index is 12.0. The fourth-order valence-electron chi connectivity index (χ4n) is 3.60. The maximum Gasteiger partial charge on any atom is 0.337 e. The molecule has 9 heteroatoms. The lowest BCUT2D eigenvalue weighted by atomic mass is 10.0. The summed E-state index contributed by atoms with van der Waals surface area (Å²) in [6.07, 6.45) is 1.62. The normalized spacial score (nSPS) is 10.9. The van der Waals surface area contributed by atoms with Gasteiger partial charge < -0.3 is 9.84 Å². The highest BCUT2D eigenvalue weighted by atomic mass is 35.5. The number of aromatic amines is 1. The van der Waals surface area contributed by atoms with Crippen molar-refractivity contribution < 1.29 is 14.6 Å². The highest BCUT2D eigenvalue weighted by molar-refractivity contribution is 7.15. The summed E-state index contributed by atoms with van der Waals surface area (Å²) in [5.74, 6) is 0.192. The van der Waals surface area contributed by atoms with Gasteiger partial charge >= 0.3 is 5.97 Å². The van der Waals surface area contributed by atoms with E-state index in [1.165, 1.54) is 6.07 Å². The zero-order valence-corrected chi connectivity index (χ0v) is 19.5. The second-order valence-corrected chi connectivity index (χ2v) is 8.92. The standard InChI is InChI=1S/C23H21ClN4O3S/c1-12-10-19(13(2)9-16(12)22-26-21(31-4)14(3)32-22)28(20-7-8-25-27-20)18-6-5-15(24)11-17(18)23(29)30/h5-11H,1-4H3,(H,25,27)(H,29,30). The molecule has 2 aromatic heterocycles. The van der Waals surface area contributed by atoms with Gasteiger partial charge in [-0.1, -0.05) is 11.6 Å². The number of carboxylic acid groups (broad SMARTS) is 1. The second kappa shape index (κ2) is 8.64. The summed E-state index contributed by atoms with van der Waals surface area (Å²) in [7, 11) is 1.61. The molecule has 0 saturated carbocycles. The predicted octanol–water partition coefficient (Wildman–Crippen LogP) is 6.29. The average molecular weight is 469 g/mol. The molecule has 164 valence electrons. The molecule has 0 fully saturated rings. The van der Waals surface area contributed by atoms with Gasteiger partial charge in [0.15, 0.2) is 0 Å². The smallest absolute Gasteiger partial charge is 0.337 e. The van der Waals surface area contributed by atoms with Gasteiger partial charge in [0, 0.05) is 16.7 Å². The van der Waals surface area contributed by atoms with E-state index in [4.69, 9.17) is 16.3 Å². The van der Waals surface area contributed by atoms with E-state index >= 15 is 0 Å². The number of carboxylic acids is 1. The van der Waals surface area contributed by atoms with Crippen LogP contribution in [0.5, 0.6) is 5.88 Å². The number of H-pyrrole nitrogens is 1. The number of aryl methyl sites for hydroxylation is 3. The van der Waals surface area contributed by atoms with Crippen molar-refractivity contribution in [2.45, 2.75) is 20.8 Å². The summed E-state index contributed by atoms with van der Waals surface area (Å²) >= 11 is 7.66. The molecule has 0 aliphatic rings. The average Bonchev–Trinajstić information content (AvgIpc) is 3.41. The predicted molar refractivity (Wildman–Crippen MR) is 127 cm³/mol. The van der Waals surface area contributed by atoms with Gasteiger partial charge in [-0.2, -0.15) is 5.10 Å². The first-order valence-electron chi connectivity index (χ1n) is 9.75. The minimum Gasteiger partial charge on any atom is -0.480 e. The van der Waals surface area contributed by atoms with Gasteiger partial charge in [-0.3, -0.25) is 10.00 Å². The van der Waals surface area contributed by atoms with Crippen molar-refractivity contribution in [3.63, 3.8) is 0 Å². The molecule has 0 atom stereocenters. The van der Waals surface area contributed by atoms with E-state index in [1.807, 2.05) is 31.7 Å². The quantitative estimate of drug-likeness (QED) is 0.345. The molecular formula is C23H21ClN4O3S. The van der Waals surface area contributed by atoms with E-state index in [0.717, 1.165) is 32.3 Å². The van der Waals surface area contributed by atoms with Gasteiger partial charge in [0.2, 0.25) is 5.88 Å². The monoisotopic (exact) mass is 468 g/mol. The number of ether oxygens (including phenoxy) is 1. The Morgan fingerprint density at radius 3 is 2.53 bits per heavy atom. The summed E-state index contributed by atoms with van der Waals surface area (Å²) in [4.78, 5) is 19.5. The third-order valence-electron chi connectivity index (χ3n) is 5.12. The summed E-state index contributed by atoms with van der Waals surface area (Å²) < 4.78 is 5.34. The van der Waals surface area contributed by atoms with E-state index in [2.05, 4.69) is 21.2 Å². The lowest BCUT2D eigenvalue weighted by molar-refractivity contribution is 0.0697. The van der Waals surface area contributed by atoms with Crippen LogP contribution < -0.4 is 9.64 Å². The molecule has 0 unspecified atom stereocenters. The van der Waals surface area contributed by atoms with Crippen LogP contribution in [0.15, 0.2) is 42.6 Å². The highest BCUT2D eigenvalue weighted by Gasteiger charge is 2.23. The molecule has 0 spiro atoms. The number of nitrogens with one attached hydrogen (secondary N) is 1. The molecule has 2 heterocycles. The van der Waals surface area contributed by atoms with Crippen molar-refractivity contribution in [1.82, 2.24) is 15.2 Å². The number of thiazole rings is 1. The van der Waals surface area contributed by atoms with Crippen LogP contribution in [-0.2, 0) is 0 Å². The first-order chi connectivity index (χ1) is 15.3. The number of nitrogens with zero attached hydrogens (tertiary/aromatic N) is 3. The molecule has 4 rings (SSSR count). The van der Waals surface area contributed by atoms with E-state index < -0.39 is 5.97 Å². The molecule has 32 heavy (non-hydrogen) atoms. The van der Waals surface area contributed by atoms with E-state index in [9.17, 15) is 9.90 Å². The van der Waals surface area contributed by atoms with E-state index in [0.29, 0.717) is 22.4 Å². The van der Waals surface area contributed by atoms with Crippen molar-refractivity contribution >= 4 is 46.1 Å². The number of aromatic carboxylic acids is 1. The van der Waals surface area contributed by atoms with Gasteiger partial charge in [-0.05, 0) is 62.2 Å². The third kappa shape index (κ3) is 3.94. The van der Waals surface area contributed by atoms with Crippen LogP contribution >= 0.6 is 22.9 Å². The number of anilines is 3. The first-order valence-corrected chi connectivity index (χ1v) is 10.9. The third-order valence-corrected chi connectivity index (χ3v) is 6.34. The Labute approximate surface area is 194 Å². The minimum absolute atomic E-state index is 0.0912. The summed E-state index contributed by atoms with van der Waals surface area (Å²) in [6, 6.07) is 10.7. The molecule has 0 bridgehead atoms. The van der Waals surface area contributed by atoms with Crippen LogP contribution in [0.25, 0.3) is 10.6 Å². The maximum absolute atomic E-state index is 12.0. The number of benzene rings is 2. The van der Waals surface area contributed by atoms with Crippen LogP contribution in [0.1, 0.15) is 26.4 Å². The number of halogens is 1. The number of hydrogen-bond donors (Lipinski definition) is 2. The fraction of sp³-hybridized carbons (Fsp3) is 0.174. The number of hydrogen-bond acceptors (Lipinski definition) is 6. The Morgan fingerprint density at radius 1 is 1.12 bits per heavy atom. The van der Waals surface area contributed by atoms with E-state index in [-0.39, 0.29) is 5.56 Å². The Bertz CT molecular complexity index is 1300. The number of carbonyl (C=O) groups is 1. The molecule has 2 aromatic carbocycles. The Balaban J connectivity index is 1.90. The van der Waals surface area contributed by atoms with Crippen molar-refractivity contribution in [3.8, 4) is 16.5 Å². The first kappa shape index (κ1) is 21.9. The highest BCUT2D eigenvalue weighted by Crippen LogP contribution is 2.42. The molecule has 0 amide bonds. The van der Waals surface area contributed by atoms with Gasteiger partial charge in [-0.15, -0.1) is 11.3 Å². The molecule has 2 N–H and O–H groups in total. The van der Waals surface area contributed by atoms with Gasteiger partial charge in [0.05, 0.1) is 35.1 Å². The largest absolute Gasteiger partial charge is 0.480 e. The SMILES string of the molecule is COc1nc(-c2cc(C)c(N(c3ccn[nH]3)c3ccc(Cl)cc3C(=O)O)cc2C)sc1C. The van der Waals surface area contributed by atoms with Gasteiger partial charge in [0.25, 0.3) is 0 Å².